The standard InChI is InChI=1S/C27H44O8/c1-26(2,12-8-10-24(29)34-16-14-31-5)20-19-23(33-7)21(18-22(20)28)27(3,4)13-9-11-25(30)35-17-15-32-6/h18-19,28H,8-17H2,1-7H3. The lowest BCUT2D eigenvalue weighted by atomic mass is 9.75. The first-order valence-corrected chi connectivity index (χ1v) is 12.2. The Morgan fingerprint density at radius 3 is 1.63 bits per heavy atom. The molecule has 0 aliphatic rings. The molecule has 200 valence electrons. The van der Waals surface area contributed by atoms with Gasteiger partial charge in [0.15, 0.2) is 0 Å². The Hall–Kier alpha value is -2.32. The Bertz CT molecular complexity index is 801. The van der Waals surface area contributed by atoms with Gasteiger partial charge in [0.2, 0.25) is 0 Å². The molecule has 0 atom stereocenters. The fourth-order valence-electron chi connectivity index (χ4n) is 4.05. The maximum atomic E-state index is 11.9. The van der Waals surface area contributed by atoms with E-state index in [0.29, 0.717) is 51.1 Å². The number of ether oxygens (including phenoxy) is 5. The Morgan fingerprint density at radius 2 is 1.20 bits per heavy atom. The van der Waals surface area contributed by atoms with E-state index >= 15 is 0 Å². The summed E-state index contributed by atoms with van der Waals surface area (Å²) < 4.78 is 25.7. The van der Waals surface area contributed by atoms with Crippen LogP contribution in [0.4, 0.5) is 0 Å². The second-order valence-electron chi connectivity index (χ2n) is 9.97. The van der Waals surface area contributed by atoms with Crippen LogP contribution in [0.25, 0.3) is 0 Å². The van der Waals surface area contributed by atoms with Crippen LogP contribution in [0.1, 0.15) is 77.3 Å². The number of phenolic OH excluding ortho intramolecular Hbond substituents is 1. The van der Waals surface area contributed by atoms with E-state index in [1.807, 2.05) is 19.9 Å². The van der Waals surface area contributed by atoms with Crippen LogP contribution < -0.4 is 4.74 Å². The summed E-state index contributed by atoms with van der Waals surface area (Å²) in [6, 6.07) is 3.66. The van der Waals surface area contributed by atoms with Crippen LogP contribution in [0.15, 0.2) is 12.1 Å². The van der Waals surface area contributed by atoms with Crippen LogP contribution in [0.2, 0.25) is 0 Å². The fourth-order valence-corrected chi connectivity index (χ4v) is 4.05. The van der Waals surface area contributed by atoms with Gasteiger partial charge in [-0.3, -0.25) is 9.59 Å². The number of carbonyl (C=O) groups is 2. The predicted molar refractivity (Wildman–Crippen MR) is 134 cm³/mol. The van der Waals surface area contributed by atoms with Gasteiger partial charge in [-0.2, -0.15) is 0 Å². The minimum atomic E-state index is -0.376. The zero-order chi connectivity index (χ0) is 26.5. The van der Waals surface area contributed by atoms with Gasteiger partial charge in [-0.25, -0.2) is 0 Å². The molecule has 1 rings (SSSR count). The van der Waals surface area contributed by atoms with Crippen molar-refractivity contribution in [2.24, 2.45) is 0 Å². The summed E-state index contributed by atoms with van der Waals surface area (Å²) >= 11 is 0. The Kier molecular flexibility index (Phi) is 13.1. The van der Waals surface area contributed by atoms with Crippen molar-refractivity contribution in [1.82, 2.24) is 0 Å². The van der Waals surface area contributed by atoms with Gasteiger partial charge in [0.05, 0.1) is 20.3 Å². The molecule has 35 heavy (non-hydrogen) atoms. The normalized spacial score (nSPS) is 11.9. The smallest absolute Gasteiger partial charge is 0.305 e. The van der Waals surface area contributed by atoms with Gasteiger partial charge in [-0.1, -0.05) is 27.7 Å². The maximum absolute atomic E-state index is 11.9. The molecule has 0 bridgehead atoms. The van der Waals surface area contributed by atoms with Crippen molar-refractivity contribution in [3.8, 4) is 11.5 Å². The summed E-state index contributed by atoms with van der Waals surface area (Å²) in [4.78, 5) is 23.8. The summed E-state index contributed by atoms with van der Waals surface area (Å²) in [5.74, 6) is 0.393. The summed E-state index contributed by atoms with van der Waals surface area (Å²) in [7, 11) is 4.74. The summed E-state index contributed by atoms with van der Waals surface area (Å²) in [6.07, 6.45) is 3.32. The first kappa shape index (κ1) is 30.7. The van der Waals surface area contributed by atoms with E-state index in [4.69, 9.17) is 23.7 Å². The number of rotatable bonds is 17. The molecule has 0 aliphatic carbocycles. The Morgan fingerprint density at radius 1 is 0.743 bits per heavy atom. The molecule has 0 saturated carbocycles. The summed E-state index contributed by atoms with van der Waals surface area (Å²) in [6.45, 7) is 9.49. The topological polar surface area (TPSA) is 101 Å². The number of benzene rings is 1. The van der Waals surface area contributed by atoms with Crippen molar-refractivity contribution in [3.05, 3.63) is 23.3 Å². The second kappa shape index (κ2) is 14.9. The van der Waals surface area contributed by atoms with Gasteiger partial charge in [0, 0.05) is 38.2 Å². The number of esters is 2. The molecule has 0 radical (unpaired) electrons. The Labute approximate surface area is 210 Å². The molecule has 8 heteroatoms. The molecule has 1 aromatic carbocycles. The quantitative estimate of drug-likeness (QED) is 0.245. The van der Waals surface area contributed by atoms with E-state index in [2.05, 4.69) is 13.8 Å². The van der Waals surface area contributed by atoms with Crippen molar-refractivity contribution in [3.63, 3.8) is 0 Å². The second-order valence-corrected chi connectivity index (χ2v) is 9.97. The molecule has 0 saturated heterocycles. The van der Waals surface area contributed by atoms with Crippen LogP contribution in [0.5, 0.6) is 11.5 Å². The molecule has 0 aromatic heterocycles. The largest absolute Gasteiger partial charge is 0.508 e. The predicted octanol–water partition coefficient (Wildman–Crippen LogP) is 4.68. The number of aromatic hydroxyl groups is 1. The highest BCUT2D eigenvalue weighted by Crippen LogP contribution is 2.43. The summed E-state index contributed by atoms with van der Waals surface area (Å²) in [5.41, 5.74) is 0.943. The highest BCUT2D eigenvalue weighted by atomic mass is 16.6. The minimum Gasteiger partial charge on any atom is -0.508 e. The van der Waals surface area contributed by atoms with Crippen LogP contribution in [-0.2, 0) is 39.4 Å². The lowest BCUT2D eigenvalue weighted by Crippen LogP contribution is -2.22. The maximum Gasteiger partial charge on any atom is 0.305 e. The van der Waals surface area contributed by atoms with Crippen molar-refractivity contribution in [2.45, 2.75) is 77.0 Å². The highest BCUT2D eigenvalue weighted by Gasteiger charge is 2.30. The third-order valence-electron chi connectivity index (χ3n) is 6.24. The van der Waals surface area contributed by atoms with Crippen LogP contribution in [0.3, 0.4) is 0 Å². The molecule has 1 aromatic rings. The van der Waals surface area contributed by atoms with Gasteiger partial charge >= 0.3 is 11.9 Å². The molecule has 0 heterocycles. The molecular weight excluding hydrogens is 452 g/mol. The van der Waals surface area contributed by atoms with E-state index in [1.54, 1.807) is 27.4 Å². The first-order chi connectivity index (χ1) is 16.5. The lowest BCUT2D eigenvalue weighted by molar-refractivity contribution is -0.146. The van der Waals surface area contributed by atoms with Crippen molar-refractivity contribution >= 4 is 11.9 Å². The third-order valence-corrected chi connectivity index (χ3v) is 6.24. The van der Waals surface area contributed by atoms with Crippen LogP contribution in [-0.4, -0.2) is 64.8 Å². The molecule has 8 nitrogen and oxygen atoms in total. The highest BCUT2D eigenvalue weighted by molar-refractivity contribution is 5.69. The average molecular weight is 497 g/mol. The van der Waals surface area contributed by atoms with E-state index in [1.165, 1.54) is 0 Å². The third kappa shape index (κ3) is 10.4. The van der Waals surface area contributed by atoms with Crippen molar-refractivity contribution in [1.29, 1.82) is 0 Å². The zero-order valence-corrected chi connectivity index (χ0v) is 22.5. The molecule has 0 aliphatic heterocycles. The minimum absolute atomic E-state index is 0.195. The summed E-state index contributed by atoms with van der Waals surface area (Å²) in [5, 5.41) is 10.9. The van der Waals surface area contributed by atoms with E-state index in [9.17, 15) is 14.7 Å². The number of methoxy groups -OCH3 is 3. The zero-order valence-electron chi connectivity index (χ0n) is 22.5. The molecule has 0 unspecified atom stereocenters. The van der Waals surface area contributed by atoms with Crippen molar-refractivity contribution in [2.75, 3.05) is 47.8 Å². The van der Waals surface area contributed by atoms with Crippen molar-refractivity contribution < 1.29 is 38.4 Å². The number of hydrogen-bond acceptors (Lipinski definition) is 8. The first-order valence-electron chi connectivity index (χ1n) is 12.2. The molecule has 0 fully saturated rings. The molecule has 0 spiro atoms. The fraction of sp³-hybridized carbons (Fsp3) is 0.704. The van der Waals surface area contributed by atoms with E-state index in [0.717, 1.165) is 17.5 Å². The number of phenols is 1. The van der Waals surface area contributed by atoms with Crippen LogP contribution in [0, 0.1) is 0 Å². The Balaban J connectivity index is 2.83. The molecule has 0 amide bonds. The molecular formula is C27H44O8. The van der Waals surface area contributed by atoms with E-state index < -0.39 is 0 Å². The molecule has 1 N–H and O–H groups in total. The number of carbonyl (C=O) groups excluding carboxylic acids is 2. The van der Waals surface area contributed by atoms with Crippen LogP contribution >= 0.6 is 0 Å². The SMILES string of the molecule is COCCOC(=O)CCCC(C)(C)c1cc(OC)c(C(C)(C)CCCC(=O)OCCOC)cc1O. The average Bonchev–Trinajstić information content (AvgIpc) is 2.79. The number of hydrogen-bond donors (Lipinski definition) is 1. The van der Waals surface area contributed by atoms with Gasteiger partial charge in [-0.15, -0.1) is 0 Å². The van der Waals surface area contributed by atoms with Gasteiger partial charge < -0.3 is 28.8 Å². The van der Waals surface area contributed by atoms with E-state index in [-0.39, 0.29) is 41.7 Å². The van der Waals surface area contributed by atoms with Gasteiger partial charge in [-0.05, 0) is 48.6 Å². The van der Waals surface area contributed by atoms with Gasteiger partial charge in [0.1, 0.15) is 24.7 Å². The van der Waals surface area contributed by atoms with Gasteiger partial charge in [0.25, 0.3) is 0 Å². The lowest BCUT2D eigenvalue weighted by Gasteiger charge is -2.31. The monoisotopic (exact) mass is 496 g/mol.